The lowest BCUT2D eigenvalue weighted by Gasteiger charge is -2.15. The van der Waals surface area contributed by atoms with Crippen LogP contribution in [-0.4, -0.2) is 54.7 Å². The van der Waals surface area contributed by atoms with E-state index in [1.807, 2.05) is 31.2 Å². The number of hydrogen-bond donors (Lipinski definition) is 2. The largest absolute Gasteiger partial charge is 0.494 e. The molecule has 11 heteroatoms. The van der Waals surface area contributed by atoms with Gasteiger partial charge in [-0.15, -0.1) is 0 Å². The molecule has 0 aliphatic carbocycles. The van der Waals surface area contributed by atoms with Crippen LogP contribution >= 0.6 is 11.8 Å². The maximum Gasteiger partial charge on any atom is 0.294 e. The van der Waals surface area contributed by atoms with Gasteiger partial charge >= 0.3 is 0 Å². The molecule has 3 aromatic rings. The molecule has 1 fully saturated rings. The number of methoxy groups -OCH3 is 1. The third-order valence-electron chi connectivity index (χ3n) is 6.33. The van der Waals surface area contributed by atoms with Crippen molar-refractivity contribution in [2.45, 2.75) is 26.7 Å². The number of carbonyl (C=O) groups excluding carboxylic acids is 4. The number of rotatable bonds is 12. The van der Waals surface area contributed by atoms with Gasteiger partial charge in [0.15, 0.2) is 18.1 Å². The van der Waals surface area contributed by atoms with Crippen LogP contribution in [0.4, 0.5) is 16.2 Å². The van der Waals surface area contributed by atoms with Crippen LogP contribution in [0.3, 0.4) is 0 Å². The number of carbonyl (C=O) groups is 4. The second-order valence-electron chi connectivity index (χ2n) is 9.76. The Balaban J connectivity index is 1.36. The Morgan fingerprint density at radius 2 is 1.67 bits per heavy atom. The van der Waals surface area contributed by atoms with Crippen LogP contribution < -0.4 is 24.8 Å². The molecule has 0 aromatic heterocycles. The van der Waals surface area contributed by atoms with Crippen molar-refractivity contribution in [3.05, 3.63) is 82.8 Å². The van der Waals surface area contributed by atoms with Crippen LogP contribution in [0, 0.1) is 0 Å². The number of ether oxygens (including phenoxy) is 3. The van der Waals surface area contributed by atoms with Crippen molar-refractivity contribution in [3.8, 4) is 17.2 Å². The van der Waals surface area contributed by atoms with Gasteiger partial charge in [-0.25, -0.2) is 0 Å². The van der Waals surface area contributed by atoms with Crippen molar-refractivity contribution in [3.63, 3.8) is 0 Å². The molecular weight excluding hydrogens is 570 g/mol. The summed E-state index contributed by atoms with van der Waals surface area (Å²) in [4.78, 5) is 51.7. The van der Waals surface area contributed by atoms with Gasteiger partial charge in [0.1, 0.15) is 12.3 Å². The number of nitrogens with zero attached hydrogens (tertiary/aromatic N) is 1. The summed E-state index contributed by atoms with van der Waals surface area (Å²) >= 11 is 0.745. The van der Waals surface area contributed by atoms with E-state index in [2.05, 4.69) is 24.5 Å². The fourth-order valence-electron chi connectivity index (χ4n) is 4.27. The minimum atomic E-state index is -0.575. The van der Waals surface area contributed by atoms with Crippen LogP contribution in [0.15, 0.2) is 71.6 Å². The van der Waals surface area contributed by atoms with E-state index in [0.29, 0.717) is 35.1 Å². The van der Waals surface area contributed by atoms with E-state index in [1.165, 1.54) is 13.2 Å². The second kappa shape index (κ2) is 14.4. The Morgan fingerprint density at radius 1 is 0.930 bits per heavy atom. The normalized spacial score (nSPS) is 13.8. The van der Waals surface area contributed by atoms with Gasteiger partial charge in [-0.3, -0.25) is 24.1 Å². The summed E-state index contributed by atoms with van der Waals surface area (Å²) in [6.45, 7) is 5.84. The Labute approximate surface area is 254 Å². The van der Waals surface area contributed by atoms with Crippen molar-refractivity contribution in [1.29, 1.82) is 0 Å². The molecule has 0 atom stereocenters. The van der Waals surface area contributed by atoms with E-state index in [9.17, 15) is 19.2 Å². The molecule has 4 amide bonds. The minimum absolute atomic E-state index is 0.165. The lowest BCUT2D eigenvalue weighted by Crippen LogP contribution is -2.36. The molecule has 0 radical (unpaired) electrons. The maximum atomic E-state index is 13.0. The van der Waals surface area contributed by atoms with Gasteiger partial charge in [0.25, 0.3) is 17.1 Å². The molecule has 224 valence electrons. The third kappa shape index (κ3) is 8.16. The molecule has 1 aliphatic rings. The molecule has 0 unspecified atom stereocenters. The van der Waals surface area contributed by atoms with Crippen molar-refractivity contribution in [1.82, 2.24) is 4.90 Å². The molecular formula is C32H33N3O7S. The number of nitrogens with one attached hydrogen (secondary N) is 2. The molecule has 0 bridgehead atoms. The van der Waals surface area contributed by atoms with Gasteiger partial charge in [0.05, 0.1) is 18.6 Å². The van der Waals surface area contributed by atoms with E-state index in [-0.39, 0.29) is 23.3 Å². The summed E-state index contributed by atoms with van der Waals surface area (Å²) < 4.78 is 16.5. The summed E-state index contributed by atoms with van der Waals surface area (Å²) in [5.41, 5.74) is 2.85. The SMILES string of the molecule is CCOc1ccc(NC(=O)CN2C(=O)S/C(=C\c3ccc(OCC(=O)Nc4ccccc4C(C)C)c(OC)c3)C2=O)cc1. The first-order chi connectivity index (χ1) is 20.7. The molecule has 43 heavy (non-hydrogen) atoms. The predicted molar refractivity (Wildman–Crippen MR) is 167 cm³/mol. The molecule has 1 aliphatic heterocycles. The van der Waals surface area contributed by atoms with Crippen LogP contribution in [0.2, 0.25) is 0 Å². The standard InChI is InChI=1S/C32H33N3O7S/c1-5-41-23-13-11-22(12-14-23)33-29(36)18-35-31(38)28(43-32(35)39)17-21-10-15-26(27(16-21)40-4)42-19-30(37)34-25-9-7-6-8-24(25)20(2)3/h6-17,20H,5,18-19H2,1-4H3,(H,33,36)(H,34,37)/b28-17-. The van der Waals surface area contributed by atoms with E-state index < -0.39 is 23.6 Å². The van der Waals surface area contributed by atoms with E-state index >= 15 is 0 Å². The van der Waals surface area contributed by atoms with Gasteiger partial charge in [-0.05, 0) is 84.3 Å². The molecule has 2 N–H and O–H groups in total. The van der Waals surface area contributed by atoms with Gasteiger partial charge in [-0.1, -0.05) is 38.1 Å². The first-order valence-electron chi connectivity index (χ1n) is 13.7. The number of para-hydroxylation sites is 1. The van der Waals surface area contributed by atoms with Crippen molar-refractivity contribution in [2.75, 3.05) is 37.5 Å². The Kier molecular flexibility index (Phi) is 10.4. The monoisotopic (exact) mass is 603 g/mol. The topological polar surface area (TPSA) is 123 Å². The van der Waals surface area contributed by atoms with E-state index in [4.69, 9.17) is 14.2 Å². The Morgan fingerprint density at radius 3 is 2.37 bits per heavy atom. The predicted octanol–water partition coefficient (Wildman–Crippen LogP) is 5.91. The number of anilines is 2. The number of benzene rings is 3. The summed E-state index contributed by atoms with van der Waals surface area (Å²) in [5, 5.41) is 5.01. The quantitative estimate of drug-likeness (QED) is 0.245. The number of thioether (sulfide) groups is 1. The van der Waals surface area contributed by atoms with Gasteiger partial charge < -0.3 is 24.8 Å². The average molecular weight is 604 g/mol. The molecule has 1 heterocycles. The van der Waals surface area contributed by atoms with Gasteiger partial charge in [0, 0.05) is 11.4 Å². The van der Waals surface area contributed by atoms with E-state index in [1.54, 1.807) is 42.5 Å². The maximum absolute atomic E-state index is 13.0. The first kappa shape index (κ1) is 31.2. The fraction of sp³-hybridized carbons (Fsp3) is 0.250. The minimum Gasteiger partial charge on any atom is -0.494 e. The summed E-state index contributed by atoms with van der Waals surface area (Å²) in [6, 6.07) is 19.3. The fourth-order valence-corrected chi connectivity index (χ4v) is 5.11. The van der Waals surface area contributed by atoms with Crippen LogP contribution in [-0.2, 0) is 14.4 Å². The van der Waals surface area contributed by atoms with Crippen molar-refractivity contribution < 1.29 is 33.4 Å². The smallest absolute Gasteiger partial charge is 0.294 e. The van der Waals surface area contributed by atoms with Gasteiger partial charge in [0.2, 0.25) is 5.91 Å². The number of amides is 4. The van der Waals surface area contributed by atoms with E-state index in [0.717, 1.165) is 27.9 Å². The highest BCUT2D eigenvalue weighted by Crippen LogP contribution is 2.34. The van der Waals surface area contributed by atoms with Crippen molar-refractivity contribution in [2.24, 2.45) is 0 Å². The molecule has 3 aromatic carbocycles. The highest BCUT2D eigenvalue weighted by molar-refractivity contribution is 8.18. The zero-order valence-electron chi connectivity index (χ0n) is 24.3. The van der Waals surface area contributed by atoms with Crippen LogP contribution in [0.25, 0.3) is 6.08 Å². The van der Waals surface area contributed by atoms with Crippen molar-refractivity contribution >= 4 is 52.2 Å². The lowest BCUT2D eigenvalue weighted by molar-refractivity contribution is -0.127. The molecule has 10 nitrogen and oxygen atoms in total. The zero-order chi connectivity index (χ0) is 30.9. The number of imide groups is 1. The highest BCUT2D eigenvalue weighted by atomic mass is 32.2. The number of hydrogen-bond acceptors (Lipinski definition) is 8. The van der Waals surface area contributed by atoms with Crippen LogP contribution in [0.5, 0.6) is 17.2 Å². The summed E-state index contributed by atoms with van der Waals surface area (Å²) in [7, 11) is 1.46. The third-order valence-corrected chi connectivity index (χ3v) is 7.23. The molecule has 4 rings (SSSR count). The zero-order valence-corrected chi connectivity index (χ0v) is 25.2. The molecule has 0 spiro atoms. The lowest BCUT2D eigenvalue weighted by atomic mass is 10.0. The van der Waals surface area contributed by atoms with Crippen LogP contribution in [0.1, 0.15) is 37.8 Å². The Bertz CT molecular complexity index is 1540. The highest BCUT2D eigenvalue weighted by Gasteiger charge is 2.36. The Hall–Kier alpha value is -4.77. The average Bonchev–Trinajstić information content (AvgIpc) is 3.24. The second-order valence-corrected chi connectivity index (χ2v) is 10.8. The first-order valence-corrected chi connectivity index (χ1v) is 14.5. The summed E-state index contributed by atoms with van der Waals surface area (Å²) in [5.74, 6) is 0.194. The molecule has 0 saturated carbocycles. The summed E-state index contributed by atoms with van der Waals surface area (Å²) in [6.07, 6.45) is 1.54. The molecule has 1 saturated heterocycles. The van der Waals surface area contributed by atoms with Gasteiger partial charge in [-0.2, -0.15) is 0 Å².